The van der Waals surface area contributed by atoms with Crippen molar-refractivity contribution in [3.8, 4) is 0 Å². The summed E-state index contributed by atoms with van der Waals surface area (Å²) < 4.78 is 0. The zero-order valence-electron chi connectivity index (χ0n) is 11.9. The number of benzene rings is 1. The second-order valence-corrected chi connectivity index (χ2v) is 4.84. The molecule has 1 aromatic rings. The first-order chi connectivity index (χ1) is 10.1. The molecule has 0 bridgehead atoms. The van der Waals surface area contributed by atoms with E-state index in [4.69, 9.17) is 5.11 Å². The minimum Gasteiger partial charge on any atom is -0.395 e. The smallest absolute Gasteiger partial charge is 0.251 e. The lowest BCUT2D eigenvalue weighted by atomic mass is 10.0. The third-order valence-electron chi connectivity index (χ3n) is 3.35. The van der Waals surface area contributed by atoms with E-state index in [0.717, 1.165) is 24.2 Å². The van der Waals surface area contributed by atoms with Gasteiger partial charge in [0, 0.05) is 36.5 Å². The van der Waals surface area contributed by atoms with Gasteiger partial charge >= 0.3 is 0 Å². The molecular weight excluding hydrogens is 270 g/mol. The molecule has 0 unspecified atom stereocenters. The minimum atomic E-state index is -0.249. The lowest BCUT2D eigenvalue weighted by molar-refractivity contribution is -0.112. The molecule has 1 fully saturated rings. The Morgan fingerprint density at radius 1 is 1.24 bits per heavy atom. The van der Waals surface area contributed by atoms with E-state index >= 15 is 0 Å². The van der Waals surface area contributed by atoms with Gasteiger partial charge in [-0.25, -0.2) is 0 Å². The van der Waals surface area contributed by atoms with Gasteiger partial charge in [-0.05, 0) is 36.8 Å². The van der Waals surface area contributed by atoms with Gasteiger partial charge in [0.2, 0.25) is 0 Å². The molecule has 0 radical (unpaired) electrons. The summed E-state index contributed by atoms with van der Waals surface area (Å²) in [5.74, 6) is -0.371. The Balaban J connectivity index is 1.96. The molecule has 1 aliphatic heterocycles. The summed E-state index contributed by atoms with van der Waals surface area (Å²) in [7, 11) is 0. The summed E-state index contributed by atoms with van der Waals surface area (Å²) in [4.78, 5) is 23.7. The molecule has 1 aromatic carbocycles. The van der Waals surface area contributed by atoms with Crippen molar-refractivity contribution < 1.29 is 14.7 Å². The van der Waals surface area contributed by atoms with Crippen molar-refractivity contribution in [2.24, 2.45) is 0 Å². The van der Waals surface area contributed by atoms with Crippen LogP contribution in [0.3, 0.4) is 0 Å². The fourth-order valence-electron chi connectivity index (χ4n) is 1.88. The zero-order chi connectivity index (χ0) is 15.2. The van der Waals surface area contributed by atoms with E-state index in [1.54, 1.807) is 24.3 Å². The summed E-state index contributed by atoms with van der Waals surface area (Å²) in [5.41, 5.74) is 2.98. The second kappa shape index (κ2) is 7.01. The molecule has 1 aliphatic rings. The van der Waals surface area contributed by atoms with Crippen molar-refractivity contribution in [2.45, 2.75) is 6.92 Å². The van der Waals surface area contributed by atoms with Gasteiger partial charge < -0.3 is 21.1 Å². The van der Waals surface area contributed by atoms with Crippen LogP contribution in [0.2, 0.25) is 0 Å². The second-order valence-electron chi connectivity index (χ2n) is 4.84. The van der Waals surface area contributed by atoms with Crippen LogP contribution in [0.5, 0.6) is 0 Å². The molecule has 2 rings (SSSR count). The van der Waals surface area contributed by atoms with E-state index in [0.29, 0.717) is 11.3 Å². The first-order valence-electron chi connectivity index (χ1n) is 6.81. The van der Waals surface area contributed by atoms with E-state index in [2.05, 4.69) is 16.0 Å². The Kier molecular flexibility index (Phi) is 5.08. The molecule has 0 spiro atoms. The van der Waals surface area contributed by atoms with Crippen LogP contribution in [0.4, 0.5) is 5.69 Å². The number of hydrogen-bond acceptors (Lipinski definition) is 4. The summed E-state index contributed by atoms with van der Waals surface area (Å²) in [6.07, 6.45) is 0. The Morgan fingerprint density at radius 2 is 1.90 bits per heavy atom. The van der Waals surface area contributed by atoms with Gasteiger partial charge in [-0.3, -0.25) is 9.59 Å². The molecule has 6 nitrogen and oxygen atoms in total. The number of carbonyl (C=O) groups excluding carboxylic acids is 2. The first kappa shape index (κ1) is 15.2. The van der Waals surface area contributed by atoms with E-state index < -0.39 is 0 Å². The molecule has 6 heteroatoms. The van der Waals surface area contributed by atoms with Crippen LogP contribution in [0.25, 0.3) is 0 Å². The number of amides is 2. The van der Waals surface area contributed by atoms with E-state index in [1.165, 1.54) is 0 Å². The largest absolute Gasteiger partial charge is 0.395 e. The third kappa shape index (κ3) is 3.90. The highest BCUT2D eigenvalue weighted by atomic mass is 16.3. The van der Waals surface area contributed by atoms with Gasteiger partial charge in [-0.15, -0.1) is 0 Å². The van der Waals surface area contributed by atoms with Crippen LogP contribution in [0.15, 0.2) is 35.4 Å². The van der Waals surface area contributed by atoms with Gasteiger partial charge in [-0.2, -0.15) is 0 Å². The summed E-state index contributed by atoms with van der Waals surface area (Å²) >= 11 is 0. The highest BCUT2D eigenvalue weighted by Crippen LogP contribution is 2.14. The molecule has 0 atom stereocenters. The van der Waals surface area contributed by atoms with Gasteiger partial charge in [0.1, 0.15) is 0 Å². The predicted octanol–water partition coefficient (Wildman–Crippen LogP) is 0.267. The van der Waals surface area contributed by atoms with Crippen molar-refractivity contribution in [3.05, 3.63) is 41.0 Å². The summed E-state index contributed by atoms with van der Waals surface area (Å²) in [6.45, 7) is 3.47. The number of carbonyl (C=O) groups is 2. The topological polar surface area (TPSA) is 90.5 Å². The molecular formula is C15H19N3O3. The number of aliphatic hydroxyl groups excluding tert-OH is 1. The van der Waals surface area contributed by atoms with Crippen LogP contribution in [-0.2, 0) is 4.79 Å². The van der Waals surface area contributed by atoms with Crippen molar-refractivity contribution >= 4 is 17.5 Å². The van der Waals surface area contributed by atoms with Crippen molar-refractivity contribution in [1.29, 1.82) is 0 Å². The Morgan fingerprint density at radius 3 is 2.43 bits per heavy atom. The average molecular weight is 289 g/mol. The number of nitrogens with one attached hydrogen (secondary N) is 3. The minimum absolute atomic E-state index is 0.0946. The lowest BCUT2D eigenvalue weighted by Gasteiger charge is -2.21. The number of aliphatic hydroxyl groups is 1. The molecule has 4 N–H and O–H groups in total. The average Bonchev–Trinajstić information content (AvgIpc) is 2.43. The fraction of sp³-hybridized carbons (Fsp3) is 0.333. The van der Waals surface area contributed by atoms with Crippen molar-refractivity contribution in [2.75, 3.05) is 31.6 Å². The zero-order valence-corrected chi connectivity index (χ0v) is 11.9. The van der Waals surface area contributed by atoms with E-state index in [-0.39, 0.29) is 25.0 Å². The Labute approximate surface area is 123 Å². The normalized spacial score (nSPS) is 13.3. The van der Waals surface area contributed by atoms with Crippen LogP contribution >= 0.6 is 0 Å². The molecule has 112 valence electrons. The predicted molar refractivity (Wildman–Crippen MR) is 80.1 cm³/mol. The quantitative estimate of drug-likeness (QED) is 0.586. The van der Waals surface area contributed by atoms with Crippen molar-refractivity contribution in [1.82, 2.24) is 10.6 Å². The van der Waals surface area contributed by atoms with Crippen LogP contribution < -0.4 is 16.0 Å². The summed E-state index contributed by atoms with van der Waals surface area (Å²) in [5, 5.41) is 17.1. The summed E-state index contributed by atoms with van der Waals surface area (Å²) in [6, 6.07) is 6.64. The standard InChI is InChI=1S/C15H19N3O3/c1-10(12-8-16-9-12)14(20)18-13-4-2-11(3-5-13)15(21)17-6-7-19/h2-5,16,19H,6-9H2,1H3,(H,17,21)(H,18,20). The van der Waals surface area contributed by atoms with Gasteiger partial charge in [0.15, 0.2) is 0 Å². The maximum Gasteiger partial charge on any atom is 0.251 e. The molecule has 0 saturated carbocycles. The molecule has 2 amide bonds. The molecule has 1 heterocycles. The Bertz CT molecular complexity index is 558. The first-order valence-corrected chi connectivity index (χ1v) is 6.81. The fourth-order valence-corrected chi connectivity index (χ4v) is 1.88. The number of anilines is 1. The Hall–Kier alpha value is -2.18. The third-order valence-corrected chi connectivity index (χ3v) is 3.35. The SMILES string of the molecule is CC(C(=O)Nc1ccc(C(=O)NCCO)cc1)=C1CNC1. The molecule has 1 saturated heterocycles. The highest BCUT2D eigenvalue weighted by molar-refractivity contribution is 6.04. The van der Waals surface area contributed by atoms with Gasteiger partial charge in [0.05, 0.1) is 6.61 Å². The van der Waals surface area contributed by atoms with Crippen LogP contribution in [-0.4, -0.2) is 43.2 Å². The van der Waals surface area contributed by atoms with E-state index in [9.17, 15) is 9.59 Å². The lowest BCUT2D eigenvalue weighted by Crippen LogP contribution is -2.36. The van der Waals surface area contributed by atoms with Crippen molar-refractivity contribution in [3.63, 3.8) is 0 Å². The maximum atomic E-state index is 12.0. The van der Waals surface area contributed by atoms with E-state index in [1.807, 2.05) is 6.92 Å². The number of rotatable bonds is 5. The molecule has 0 aromatic heterocycles. The van der Waals surface area contributed by atoms with Crippen LogP contribution in [0, 0.1) is 0 Å². The molecule has 0 aliphatic carbocycles. The van der Waals surface area contributed by atoms with Crippen LogP contribution in [0.1, 0.15) is 17.3 Å². The maximum absolute atomic E-state index is 12.0. The molecule has 21 heavy (non-hydrogen) atoms. The number of hydrogen-bond donors (Lipinski definition) is 4. The van der Waals surface area contributed by atoms with Gasteiger partial charge in [0.25, 0.3) is 11.8 Å². The monoisotopic (exact) mass is 289 g/mol. The highest BCUT2D eigenvalue weighted by Gasteiger charge is 2.16. The van der Waals surface area contributed by atoms with Gasteiger partial charge in [-0.1, -0.05) is 0 Å².